The number of hydrogen-bond donors (Lipinski definition) is 1. The highest BCUT2D eigenvalue weighted by Gasteiger charge is 2.83. The van der Waals surface area contributed by atoms with Crippen LogP contribution in [-0.2, 0) is 4.79 Å². The van der Waals surface area contributed by atoms with Crippen molar-refractivity contribution in [1.82, 2.24) is 0 Å². The van der Waals surface area contributed by atoms with Crippen molar-refractivity contribution in [2.75, 3.05) is 0 Å². The molecule has 0 radical (unpaired) electrons. The first-order chi connectivity index (χ1) is 7.06. The lowest BCUT2D eigenvalue weighted by Crippen LogP contribution is -2.23. The molecular formula is C13H18O2. The predicted molar refractivity (Wildman–Crippen MR) is 55.3 cm³/mol. The molecule has 2 heteroatoms. The Morgan fingerprint density at radius 2 is 1.93 bits per heavy atom. The third-order valence-corrected chi connectivity index (χ3v) is 6.42. The predicted octanol–water partition coefficient (Wildman–Crippen LogP) is 2.68. The molecule has 0 aromatic carbocycles. The van der Waals surface area contributed by atoms with Crippen molar-refractivity contribution in [3.05, 3.63) is 0 Å². The average Bonchev–Trinajstić information content (AvgIpc) is 3.05. The molecule has 0 saturated heterocycles. The van der Waals surface area contributed by atoms with E-state index >= 15 is 0 Å². The number of carboxylic acids is 1. The molecule has 4 aliphatic rings. The lowest BCUT2D eigenvalue weighted by molar-refractivity contribution is -0.140. The summed E-state index contributed by atoms with van der Waals surface area (Å²) in [6.07, 6.45) is 7.76. The number of aliphatic carboxylic acids is 1. The molecule has 0 aliphatic heterocycles. The molecule has 4 aliphatic carbocycles. The van der Waals surface area contributed by atoms with Gasteiger partial charge < -0.3 is 5.11 Å². The van der Waals surface area contributed by atoms with E-state index in [1.54, 1.807) is 0 Å². The fraction of sp³-hybridized carbons (Fsp3) is 0.923. The molecule has 0 bridgehead atoms. The minimum atomic E-state index is -0.522. The summed E-state index contributed by atoms with van der Waals surface area (Å²) in [4.78, 5) is 11.2. The van der Waals surface area contributed by atoms with Crippen LogP contribution in [0.5, 0.6) is 0 Å². The zero-order chi connectivity index (χ0) is 10.5. The molecule has 3 spiro atoms. The van der Waals surface area contributed by atoms with Crippen molar-refractivity contribution in [2.24, 2.45) is 28.1 Å². The second-order valence-corrected chi connectivity index (χ2v) is 6.68. The Labute approximate surface area is 90.1 Å². The number of rotatable bonds is 1. The maximum atomic E-state index is 11.2. The van der Waals surface area contributed by atoms with Gasteiger partial charge in [0.2, 0.25) is 0 Å². The Kier molecular flexibility index (Phi) is 1.14. The van der Waals surface area contributed by atoms with Gasteiger partial charge in [0.1, 0.15) is 0 Å². The first-order valence-electron chi connectivity index (χ1n) is 6.29. The van der Waals surface area contributed by atoms with Gasteiger partial charge in [0.25, 0.3) is 0 Å². The molecule has 3 atom stereocenters. The summed E-state index contributed by atoms with van der Waals surface area (Å²) in [5, 5.41) is 9.25. The van der Waals surface area contributed by atoms with E-state index in [2.05, 4.69) is 6.92 Å². The van der Waals surface area contributed by atoms with Crippen LogP contribution in [0.1, 0.15) is 45.4 Å². The molecule has 4 rings (SSSR count). The Bertz CT molecular complexity index is 365. The zero-order valence-electron chi connectivity index (χ0n) is 9.25. The molecule has 4 saturated carbocycles. The molecule has 0 amide bonds. The van der Waals surface area contributed by atoms with E-state index in [4.69, 9.17) is 0 Å². The number of hydrogen-bond acceptors (Lipinski definition) is 1. The van der Waals surface area contributed by atoms with Crippen molar-refractivity contribution in [2.45, 2.75) is 45.4 Å². The Morgan fingerprint density at radius 1 is 1.27 bits per heavy atom. The van der Waals surface area contributed by atoms with Crippen LogP contribution in [0.3, 0.4) is 0 Å². The number of carbonyl (C=O) groups is 1. The van der Waals surface area contributed by atoms with E-state index in [1.807, 2.05) is 0 Å². The monoisotopic (exact) mass is 206 g/mol. The van der Waals surface area contributed by atoms with Gasteiger partial charge in [-0.25, -0.2) is 0 Å². The molecule has 0 aromatic heterocycles. The first-order valence-corrected chi connectivity index (χ1v) is 6.29. The Hall–Kier alpha value is -0.530. The van der Waals surface area contributed by atoms with Gasteiger partial charge in [-0.15, -0.1) is 0 Å². The van der Waals surface area contributed by atoms with Crippen LogP contribution < -0.4 is 0 Å². The molecule has 0 heterocycles. The van der Waals surface area contributed by atoms with Crippen LogP contribution in [-0.4, -0.2) is 11.1 Å². The standard InChI is InChI=1S/C13H18O2/c1-8-11(2-3-11)7-12(4-5-12)13(8)6-9(13)10(14)15/h8-9H,2-7H2,1H3,(H,14,15)/t8-,9-,13-/m1/s1. The van der Waals surface area contributed by atoms with E-state index in [0.29, 0.717) is 16.7 Å². The fourth-order valence-corrected chi connectivity index (χ4v) is 5.21. The Morgan fingerprint density at radius 3 is 2.33 bits per heavy atom. The second-order valence-electron chi connectivity index (χ2n) is 6.68. The molecule has 15 heavy (non-hydrogen) atoms. The van der Waals surface area contributed by atoms with E-state index in [-0.39, 0.29) is 11.3 Å². The van der Waals surface area contributed by atoms with Gasteiger partial charge >= 0.3 is 5.97 Å². The minimum Gasteiger partial charge on any atom is -0.481 e. The molecule has 2 nitrogen and oxygen atoms in total. The number of carboxylic acid groups (broad SMARTS) is 1. The van der Waals surface area contributed by atoms with Gasteiger partial charge in [-0.1, -0.05) is 6.92 Å². The van der Waals surface area contributed by atoms with E-state index < -0.39 is 5.97 Å². The van der Waals surface area contributed by atoms with Crippen LogP contribution in [0.2, 0.25) is 0 Å². The number of fused-ring (bicyclic) bond motifs is 1. The SMILES string of the molecule is C[C@@H]1C2(CC2)CC2(CC2)[C@]12C[C@@H]2C(=O)O. The molecular weight excluding hydrogens is 188 g/mol. The summed E-state index contributed by atoms with van der Waals surface area (Å²) in [6.45, 7) is 2.35. The zero-order valence-corrected chi connectivity index (χ0v) is 9.25. The van der Waals surface area contributed by atoms with E-state index in [0.717, 1.165) is 6.42 Å². The smallest absolute Gasteiger partial charge is 0.307 e. The summed E-state index contributed by atoms with van der Waals surface area (Å²) in [5.74, 6) is 0.175. The highest BCUT2D eigenvalue weighted by molar-refractivity contribution is 5.76. The summed E-state index contributed by atoms with van der Waals surface area (Å²) in [6, 6.07) is 0. The van der Waals surface area contributed by atoms with Crippen LogP contribution in [0.4, 0.5) is 0 Å². The lowest BCUT2D eigenvalue weighted by Gasteiger charge is -2.23. The van der Waals surface area contributed by atoms with Gasteiger partial charge in [0.15, 0.2) is 0 Å². The normalized spacial score (nSPS) is 51.3. The topological polar surface area (TPSA) is 37.3 Å². The third-order valence-electron chi connectivity index (χ3n) is 6.42. The lowest BCUT2D eigenvalue weighted by atomic mass is 9.80. The molecule has 0 unspecified atom stereocenters. The molecule has 1 N–H and O–H groups in total. The van der Waals surface area contributed by atoms with Gasteiger partial charge in [-0.3, -0.25) is 4.79 Å². The largest absolute Gasteiger partial charge is 0.481 e. The van der Waals surface area contributed by atoms with Crippen molar-refractivity contribution < 1.29 is 9.90 Å². The van der Waals surface area contributed by atoms with Crippen molar-refractivity contribution in [3.63, 3.8) is 0 Å². The van der Waals surface area contributed by atoms with Crippen LogP contribution in [0, 0.1) is 28.1 Å². The summed E-state index contributed by atoms with van der Waals surface area (Å²) in [7, 11) is 0. The first kappa shape index (κ1) is 8.60. The van der Waals surface area contributed by atoms with Crippen molar-refractivity contribution in [3.8, 4) is 0 Å². The summed E-state index contributed by atoms with van der Waals surface area (Å²) < 4.78 is 0. The Balaban J connectivity index is 1.77. The maximum absolute atomic E-state index is 11.2. The van der Waals surface area contributed by atoms with Gasteiger partial charge in [0.05, 0.1) is 5.92 Å². The third kappa shape index (κ3) is 0.724. The van der Waals surface area contributed by atoms with Gasteiger partial charge in [-0.05, 0) is 60.7 Å². The maximum Gasteiger partial charge on any atom is 0.307 e. The minimum absolute atomic E-state index is 0.00924. The van der Waals surface area contributed by atoms with Crippen LogP contribution >= 0.6 is 0 Å². The highest BCUT2D eigenvalue weighted by Crippen LogP contribution is 2.89. The summed E-state index contributed by atoms with van der Waals surface area (Å²) >= 11 is 0. The fourth-order valence-electron chi connectivity index (χ4n) is 5.21. The van der Waals surface area contributed by atoms with Crippen LogP contribution in [0.25, 0.3) is 0 Å². The quantitative estimate of drug-likeness (QED) is 0.716. The summed E-state index contributed by atoms with van der Waals surface area (Å²) in [5.41, 5.74) is 1.34. The van der Waals surface area contributed by atoms with Crippen LogP contribution in [0.15, 0.2) is 0 Å². The molecule has 0 aromatic rings. The van der Waals surface area contributed by atoms with Crippen molar-refractivity contribution in [1.29, 1.82) is 0 Å². The average molecular weight is 206 g/mol. The second kappa shape index (κ2) is 1.99. The van der Waals surface area contributed by atoms with Gasteiger partial charge in [0, 0.05) is 0 Å². The van der Waals surface area contributed by atoms with Gasteiger partial charge in [-0.2, -0.15) is 0 Å². The van der Waals surface area contributed by atoms with Crippen molar-refractivity contribution >= 4 is 5.97 Å². The molecule has 4 fully saturated rings. The highest BCUT2D eigenvalue weighted by atomic mass is 16.4. The van der Waals surface area contributed by atoms with E-state index in [9.17, 15) is 9.90 Å². The van der Waals surface area contributed by atoms with E-state index in [1.165, 1.54) is 32.1 Å². The molecule has 82 valence electrons.